The Morgan fingerprint density at radius 1 is 0.618 bits per heavy atom. The van der Waals surface area contributed by atoms with Crippen molar-refractivity contribution in [1.29, 1.82) is 0 Å². The Morgan fingerprint density at radius 2 is 1.26 bits per heavy atom. The summed E-state index contributed by atoms with van der Waals surface area (Å²) in [6.07, 6.45) is 22.2. The molecule has 7 rings (SSSR count). The van der Waals surface area contributed by atoms with Gasteiger partial charge in [0, 0.05) is 0 Å². The maximum absolute atomic E-state index is 2.69. The van der Waals surface area contributed by atoms with Gasteiger partial charge in [0.2, 0.25) is 0 Å². The zero-order valence-corrected chi connectivity index (χ0v) is 23.1. The molecule has 0 N–H and O–H groups in total. The van der Waals surface area contributed by atoms with Crippen LogP contribution in [-0.2, 0) is 0 Å². The van der Waals surface area contributed by atoms with Crippen molar-refractivity contribution in [1.82, 2.24) is 0 Å². The highest BCUT2D eigenvalue weighted by atomic mass is 14.7. The highest BCUT2D eigenvalue weighted by Crippen LogP contribution is 2.70. The van der Waals surface area contributed by atoms with Crippen LogP contribution in [0.1, 0.15) is 118 Å². The minimum atomic E-state index is 1.05. The van der Waals surface area contributed by atoms with E-state index >= 15 is 0 Å². The molecule has 34 heavy (non-hydrogen) atoms. The second-order valence-electron chi connectivity index (χ2n) is 15.6. The Morgan fingerprint density at radius 3 is 1.94 bits per heavy atom. The fourth-order valence-corrected chi connectivity index (χ4v) is 11.9. The van der Waals surface area contributed by atoms with Crippen molar-refractivity contribution in [3.05, 3.63) is 0 Å². The van der Waals surface area contributed by atoms with E-state index in [0.29, 0.717) is 0 Å². The standard InChI is InChI=1S/C34H56/c1-5-8-22-9-6-10-25(22)27-11-7-12-28(27)29-14-13-26(29)24-15-23(16-24)21(4)30-17-31(30)32-18-33(32)34-19(2)20(34)3/h19-34H,5-18H2,1-4H3. The minimum absolute atomic E-state index is 1.05. The van der Waals surface area contributed by atoms with Crippen molar-refractivity contribution in [2.45, 2.75) is 118 Å². The first-order chi connectivity index (χ1) is 16.6. The molecule has 0 heteroatoms. The van der Waals surface area contributed by atoms with Gasteiger partial charge in [0.15, 0.2) is 0 Å². The van der Waals surface area contributed by atoms with Gasteiger partial charge in [-0.15, -0.1) is 0 Å². The predicted octanol–water partition coefficient (Wildman–Crippen LogP) is 9.48. The molecular formula is C34H56. The third-order valence-corrected chi connectivity index (χ3v) is 14.5. The van der Waals surface area contributed by atoms with Crippen LogP contribution in [0.5, 0.6) is 0 Å². The molecule has 0 aliphatic heterocycles. The normalized spacial score (nSPS) is 58.8. The summed E-state index contributed by atoms with van der Waals surface area (Å²) in [7, 11) is 0. The lowest BCUT2D eigenvalue weighted by atomic mass is 9.52. The van der Waals surface area contributed by atoms with Gasteiger partial charge in [0.05, 0.1) is 0 Å². The van der Waals surface area contributed by atoms with Gasteiger partial charge in [0.25, 0.3) is 0 Å². The molecule has 7 aliphatic rings. The summed E-state index contributed by atoms with van der Waals surface area (Å²) in [5.41, 5.74) is 0. The smallest absolute Gasteiger partial charge is 0.0326 e. The topological polar surface area (TPSA) is 0 Å². The van der Waals surface area contributed by atoms with Crippen molar-refractivity contribution in [3.8, 4) is 0 Å². The van der Waals surface area contributed by atoms with Gasteiger partial charge in [0.1, 0.15) is 0 Å². The summed E-state index contributed by atoms with van der Waals surface area (Å²) in [5, 5.41) is 0. The molecule has 0 aromatic heterocycles. The molecule has 0 heterocycles. The molecule has 0 amide bonds. The summed E-state index contributed by atoms with van der Waals surface area (Å²) < 4.78 is 0. The van der Waals surface area contributed by atoms with Crippen LogP contribution in [0.25, 0.3) is 0 Å². The van der Waals surface area contributed by atoms with Crippen molar-refractivity contribution >= 4 is 0 Å². The lowest BCUT2D eigenvalue weighted by molar-refractivity contribution is -0.0408. The van der Waals surface area contributed by atoms with Crippen LogP contribution in [0.3, 0.4) is 0 Å². The first kappa shape index (κ1) is 23.1. The van der Waals surface area contributed by atoms with Gasteiger partial charge >= 0.3 is 0 Å². The summed E-state index contributed by atoms with van der Waals surface area (Å²) in [4.78, 5) is 0. The lowest BCUT2D eigenvalue weighted by Gasteiger charge is -2.53. The largest absolute Gasteiger partial charge is 0.0654 e. The molecule has 7 aliphatic carbocycles. The van der Waals surface area contributed by atoms with Crippen LogP contribution < -0.4 is 0 Å². The van der Waals surface area contributed by atoms with E-state index in [0.717, 1.165) is 88.8 Å². The monoisotopic (exact) mass is 464 g/mol. The maximum Gasteiger partial charge on any atom is -0.0326 e. The SMILES string of the molecule is CCCC1CCCC1C1CCCC1C1CCC1C1CC(C(C)C2CC2C2CC2C2C(C)C2C)C1. The molecule has 0 nitrogen and oxygen atoms in total. The molecule has 7 saturated carbocycles. The molecule has 13 unspecified atom stereocenters. The Bertz CT molecular complexity index is 724. The Kier molecular flexibility index (Phi) is 5.98. The average Bonchev–Trinajstić information content (AvgIpc) is 3.70. The summed E-state index contributed by atoms with van der Waals surface area (Å²) >= 11 is 0. The van der Waals surface area contributed by atoms with Gasteiger partial charge in [-0.2, -0.15) is 0 Å². The van der Waals surface area contributed by atoms with Gasteiger partial charge < -0.3 is 0 Å². The molecule has 0 aromatic rings. The van der Waals surface area contributed by atoms with Crippen LogP contribution in [0.2, 0.25) is 0 Å². The van der Waals surface area contributed by atoms with Crippen molar-refractivity contribution in [2.75, 3.05) is 0 Å². The first-order valence-electron chi connectivity index (χ1n) is 16.6. The third-order valence-electron chi connectivity index (χ3n) is 14.5. The van der Waals surface area contributed by atoms with Gasteiger partial charge in [-0.05, 0) is 152 Å². The van der Waals surface area contributed by atoms with E-state index in [4.69, 9.17) is 0 Å². The number of rotatable bonds is 9. The van der Waals surface area contributed by atoms with E-state index < -0.39 is 0 Å². The average molecular weight is 465 g/mol. The number of hydrogen-bond acceptors (Lipinski definition) is 0. The maximum atomic E-state index is 2.69. The highest BCUT2D eigenvalue weighted by Gasteiger charge is 2.63. The molecule has 0 saturated heterocycles. The van der Waals surface area contributed by atoms with E-state index in [-0.39, 0.29) is 0 Å². The molecular weight excluding hydrogens is 408 g/mol. The van der Waals surface area contributed by atoms with E-state index in [9.17, 15) is 0 Å². The second-order valence-corrected chi connectivity index (χ2v) is 15.6. The van der Waals surface area contributed by atoms with Gasteiger partial charge in [-0.3, -0.25) is 0 Å². The van der Waals surface area contributed by atoms with Crippen LogP contribution in [0, 0.1) is 94.7 Å². The molecule has 13 atom stereocenters. The zero-order valence-electron chi connectivity index (χ0n) is 23.1. The quantitative estimate of drug-likeness (QED) is 0.319. The number of hydrogen-bond donors (Lipinski definition) is 0. The molecule has 192 valence electrons. The van der Waals surface area contributed by atoms with Crippen molar-refractivity contribution in [3.63, 3.8) is 0 Å². The summed E-state index contributed by atoms with van der Waals surface area (Å²) in [6, 6.07) is 0. The minimum Gasteiger partial charge on any atom is -0.0654 e. The van der Waals surface area contributed by atoms with Crippen molar-refractivity contribution in [2.24, 2.45) is 94.7 Å². The summed E-state index contributed by atoms with van der Waals surface area (Å²) in [6.45, 7) is 10.2. The molecule has 7 fully saturated rings. The molecule has 0 spiro atoms. The van der Waals surface area contributed by atoms with Crippen LogP contribution >= 0.6 is 0 Å². The lowest BCUT2D eigenvalue weighted by Crippen LogP contribution is -2.45. The van der Waals surface area contributed by atoms with E-state index in [1.54, 1.807) is 77.0 Å². The molecule has 0 bridgehead atoms. The van der Waals surface area contributed by atoms with Gasteiger partial charge in [-0.25, -0.2) is 0 Å². The van der Waals surface area contributed by atoms with E-state index in [1.165, 1.54) is 18.8 Å². The molecule has 0 radical (unpaired) electrons. The molecule has 0 aromatic carbocycles. The Hall–Kier alpha value is 0. The van der Waals surface area contributed by atoms with E-state index in [2.05, 4.69) is 27.7 Å². The second kappa shape index (κ2) is 8.79. The van der Waals surface area contributed by atoms with Crippen LogP contribution in [0.15, 0.2) is 0 Å². The highest BCUT2D eigenvalue weighted by molar-refractivity contribution is 5.12. The fraction of sp³-hybridized carbons (Fsp3) is 1.00. The van der Waals surface area contributed by atoms with Crippen LogP contribution in [0.4, 0.5) is 0 Å². The van der Waals surface area contributed by atoms with E-state index in [1.807, 2.05) is 0 Å². The van der Waals surface area contributed by atoms with Gasteiger partial charge in [-0.1, -0.05) is 59.8 Å². The Balaban J connectivity index is 0.895. The third kappa shape index (κ3) is 3.80. The Labute approximate surface area is 212 Å². The summed E-state index contributed by atoms with van der Waals surface area (Å²) in [5.74, 6) is 18.0. The fourth-order valence-electron chi connectivity index (χ4n) is 11.9. The zero-order chi connectivity index (χ0) is 23.1. The van der Waals surface area contributed by atoms with Crippen LogP contribution in [-0.4, -0.2) is 0 Å². The predicted molar refractivity (Wildman–Crippen MR) is 143 cm³/mol. The van der Waals surface area contributed by atoms with Crippen molar-refractivity contribution < 1.29 is 0 Å². The first-order valence-corrected chi connectivity index (χ1v) is 16.6.